The van der Waals surface area contributed by atoms with Gasteiger partial charge >= 0.3 is 19.0 Å². The number of rotatable bonds is 12. The lowest BCUT2D eigenvalue weighted by molar-refractivity contribution is -0.146. The molecule has 7 heteroatoms. The average Bonchev–Trinajstić information content (AvgIpc) is 2.49. The quantitative estimate of drug-likeness (QED) is 0.232. The lowest BCUT2D eigenvalue weighted by Crippen LogP contribution is -2.33. The van der Waals surface area contributed by atoms with Crippen molar-refractivity contribution < 1.29 is 28.6 Å². The van der Waals surface area contributed by atoms with Gasteiger partial charge in [0, 0.05) is 6.42 Å². The summed E-state index contributed by atoms with van der Waals surface area (Å²) in [6, 6.07) is 0. The predicted octanol–water partition coefficient (Wildman–Crippen LogP) is 5.50. The third kappa shape index (κ3) is 9.46. The first-order valence-corrected chi connectivity index (χ1v) is 10.4. The van der Waals surface area contributed by atoms with Crippen LogP contribution in [0.25, 0.3) is 0 Å². The van der Waals surface area contributed by atoms with Crippen LogP contribution in [0.2, 0.25) is 0 Å². The van der Waals surface area contributed by atoms with Gasteiger partial charge in [-0.15, -0.1) is 0 Å². The molecule has 0 aromatic carbocycles. The molecule has 0 saturated carbocycles. The highest BCUT2D eigenvalue weighted by atomic mass is 31.2. The van der Waals surface area contributed by atoms with Gasteiger partial charge in [0.25, 0.3) is 0 Å². The molecule has 0 aliphatic carbocycles. The van der Waals surface area contributed by atoms with Crippen molar-refractivity contribution in [2.45, 2.75) is 78.1 Å². The minimum Gasteiger partial charge on any atom is -0.478 e. The second kappa shape index (κ2) is 11.5. The molecule has 0 bridgehead atoms. The van der Waals surface area contributed by atoms with Crippen molar-refractivity contribution in [1.82, 2.24) is 0 Å². The molecule has 0 aliphatic heterocycles. The second-order valence-electron chi connectivity index (χ2n) is 6.96. The van der Waals surface area contributed by atoms with Gasteiger partial charge in [-0.2, -0.15) is 0 Å². The predicted molar refractivity (Wildman–Crippen MR) is 103 cm³/mol. The maximum absolute atomic E-state index is 14.0. The molecule has 0 aromatic heterocycles. The summed E-state index contributed by atoms with van der Waals surface area (Å²) in [4.78, 5) is 28.6. The maximum atomic E-state index is 14.0. The number of alkyl halides is 1. The molecule has 0 saturated heterocycles. The van der Waals surface area contributed by atoms with E-state index in [1.165, 1.54) is 11.1 Å². The summed E-state index contributed by atoms with van der Waals surface area (Å²) in [5.74, 6) is -2.11. The van der Waals surface area contributed by atoms with Crippen molar-refractivity contribution in [3.63, 3.8) is 0 Å². The van der Waals surface area contributed by atoms with Gasteiger partial charge in [-0.25, -0.2) is 9.18 Å². The van der Waals surface area contributed by atoms with Crippen LogP contribution in [0.4, 0.5) is 4.39 Å². The third-order valence-electron chi connectivity index (χ3n) is 4.12. The first-order valence-electron chi connectivity index (χ1n) is 8.82. The highest BCUT2D eigenvalue weighted by molar-refractivity contribution is 7.54. The van der Waals surface area contributed by atoms with Gasteiger partial charge in [-0.05, 0) is 66.2 Å². The highest BCUT2D eigenvalue weighted by Gasteiger charge is 2.54. The fourth-order valence-corrected chi connectivity index (χ4v) is 3.10. The van der Waals surface area contributed by atoms with Crippen LogP contribution < -0.4 is 0 Å². The van der Waals surface area contributed by atoms with E-state index in [1.54, 1.807) is 0 Å². The molecular weight excluding hydrogens is 358 g/mol. The lowest BCUT2D eigenvalue weighted by atomic mass is 10.0. The van der Waals surface area contributed by atoms with Crippen LogP contribution in [-0.4, -0.2) is 26.3 Å². The number of halogens is 1. The Balaban J connectivity index is 4.32. The van der Waals surface area contributed by atoms with Crippen LogP contribution in [0.15, 0.2) is 34.9 Å². The van der Waals surface area contributed by atoms with Crippen LogP contribution >= 0.6 is 7.60 Å². The summed E-state index contributed by atoms with van der Waals surface area (Å²) in [6.45, 7) is 8.20. The van der Waals surface area contributed by atoms with Crippen molar-refractivity contribution in [2.75, 3.05) is 0 Å². The van der Waals surface area contributed by atoms with E-state index in [0.717, 1.165) is 31.3 Å². The van der Waals surface area contributed by atoms with Crippen LogP contribution in [0.1, 0.15) is 72.6 Å². The third-order valence-corrected chi connectivity index (χ3v) is 5.46. The number of carbonyl (C=O) groups is 1. The highest BCUT2D eigenvalue weighted by Crippen LogP contribution is 2.54. The van der Waals surface area contributed by atoms with E-state index in [4.69, 9.17) is 14.9 Å². The van der Waals surface area contributed by atoms with E-state index in [2.05, 4.69) is 32.9 Å². The van der Waals surface area contributed by atoms with E-state index >= 15 is 0 Å². The Kier molecular flexibility index (Phi) is 10.9. The number of unbranched alkanes of at least 4 members (excludes halogenated alkanes) is 1. The zero-order chi connectivity index (χ0) is 20.4. The molecule has 0 aliphatic rings. The van der Waals surface area contributed by atoms with E-state index in [9.17, 15) is 13.8 Å². The zero-order valence-corrected chi connectivity index (χ0v) is 17.1. The molecule has 0 fully saturated rings. The van der Waals surface area contributed by atoms with Crippen molar-refractivity contribution in [3.8, 4) is 0 Å². The van der Waals surface area contributed by atoms with Crippen LogP contribution in [0.3, 0.4) is 0 Å². The molecular formula is C19H32FO5P. The van der Waals surface area contributed by atoms with Crippen molar-refractivity contribution >= 4 is 13.6 Å². The number of hydrogen-bond acceptors (Lipinski definition) is 2. The SMILES string of the molecule is CC(C)=CCCC(C)=CCCC(C)=CCCCC(F)(C(=O)O)P(=O)(O)O. The number of carboxylic acid groups (broad SMARTS) is 1. The Labute approximate surface area is 155 Å². The fraction of sp³-hybridized carbons (Fsp3) is 0.632. The van der Waals surface area contributed by atoms with Gasteiger partial charge in [0.2, 0.25) is 0 Å². The van der Waals surface area contributed by atoms with Crippen LogP contribution in [0, 0.1) is 0 Å². The second-order valence-corrected chi connectivity index (χ2v) is 8.76. The maximum Gasteiger partial charge on any atom is 0.374 e. The van der Waals surface area contributed by atoms with Gasteiger partial charge < -0.3 is 14.9 Å². The molecule has 26 heavy (non-hydrogen) atoms. The van der Waals surface area contributed by atoms with Crippen molar-refractivity contribution in [1.29, 1.82) is 0 Å². The Morgan fingerprint density at radius 3 is 1.85 bits per heavy atom. The zero-order valence-electron chi connectivity index (χ0n) is 16.2. The fourth-order valence-electron chi connectivity index (χ4n) is 2.40. The molecule has 1 unspecified atom stereocenters. The molecule has 3 N–H and O–H groups in total. The Morgan fingerprint density at radius 2 is 1.42 bits per heavy atom. The molecule has 0 aromatic rings. The Morgan fingerprint density at radius 1 is 0.962 bits per heavy atom. The van der Waals surface area contributed by atoms with E-state index in [-0.39, 0.29) is 6.42 Å². The molecule has 0 rings (SSSR count). The minimum atomic E-state index is -5.35. The standard InChI is InChI=1S/C19H32FO5P/c1-15(2)9-7-11-17(4)13-8-12-16(3)10-5-6-14-19(20,18(21)22)26(23,24)25/h9-10,13H,5-8,11-12,14H2,1-4H3,(H,21,22)(H2,23,24,25). The number of aliphatic carboxylic acids is 1. The summed E-state index contributed by atoms with van der Waals surface area (Å²) in [5.41, 5.74) is 3.74. The van der Waals surface area contributed by atoms with Gasteiger partial charge in [0.05, 0.1) is 0 Å². The molecule has 1 atom stereocenters. The van der Waals surface area contributed by atoms with Gasteiger partial charge in [0.1, 0.15) is 0 Å². The van der Waals surface area contributed by atoms with E-state index in [0.29, 0.717) is 6.42 Å². The molecule has 0 radical (unpaired) electrons. The first-order chi connectivity index (χ1) is 11.9. The molecule has 5 nitrogen and oxygen atoms in total. The molecule has 150 valence electrons. The smallest absolute Gasteiger partial charge is 0.374 e. The molecule has 0 amide bonds. The first kappa shape index (κ1) is 24.8. The number of allylic oxidation sites excluding steroid dienone is 6. The normalized spacial score (nSPS) is 15.5. The van der Waals surface area contributed by atoms with E-state index in [1.807, 2.05) is 13.0 Å². The molecule has 0 heterocycles. The summed E-state index contributed by atoms with van der Waals surface area (Å²) < 4.78 is 25.0. The number of carboxylic acids is 1. The summed E-state index contributed by atoms with van der Waals surface area (Å²) in [6.07, 6.45) is 9.82. The Bertz CT molecular complexity index is 599. The molecule has 0 spiro atoms. The summed E-state index contributed by atoms with van der Waals surface area (Å²) >= 11 is 0. The largest absolute Gasteiger partial charge is 0.478 e. The number of hydrogen-bond donors (Lipinski definition) is 3. The van der Waals surface area contributed by atoms with Crippen molar-refractivity contribution in [2.24, 2.45) is 0 Å². The van der Waals surface area contributed by atoms with Crippen LogP contribution in [0.5, 0.6) is 0 Å². The summed E-state index contributed by atoms with van der Waals surface area (Å²) in [7, 11) is -5.35. The van der Waals surface area contributed by atoms with Gasteiger partial charge in [0.15, 0.2) is 0 Å². The lowest BCUT2D eigenvalue weighted by Gasteiger charge is -2.21. The van der Waals surface area contributed by atoms with Gasteiger partial charge in [-0.1, -0.05) is 34.9 Å². The monoisotopic (exact) mass is 390 g/mol. The summed E-state index contributed by atoms with van der Waals surface area (Å²) in [5, 5.41) is 5.24. The van der Waals surface area contributed by atoms with Gasteiger partial charge in [-0.3, -0.25) is 4.57 Å². The average molecular weight is 390 g/mol. The topological polar surface area (TPSA) is 94.8 Å². The van der Waals surface area contributed by atoms with Crippen molar-refractivity contribution in [3.05, 3.63) is 34.9 Å². The van der Waals surface area contributed by atoms with E-state index < -0.39 is 25.4 Å². The van der Waals surface area contributed by atoms with Crippen LogP contribution in [-0.2, 0) is 9.36 Å². The minimum absolute atomic E-state index is 0.0584. The Hall–Kier alpha value is -1.23.